The quantitative estimate of drug-likeness (QED) is 0.0859. The Bertz CT molecular complexity index is 8950. The molecular formula is C132H88N4O2. The lowest BCUT2D eigenvalue weighted by molar-refractivity contribution is 0.669. The highest BCUT2D eigenvalue weighted by molar-refractivity contribution is 6.14. The molecule has 26 rings (SSSR count). The molecule has 0 N–H and O–H groups in total. The molecule has 0 atom stereocenters. The Hall–Kier alpha value is -18.4. The molecular weight excluding hydrogens is 1670 g/mol. The van der Waals surface area contributed by atoms with E-state index in [1.54, 1.807) is 0 Å². The molecule has 0 fully saturated rings. The number of hydrogen-bond donors (Lipinski definition) is 0. The fourth-order valence-corrected chi connectivity index (χ4v) is 20.7. The smallest absolute Gasteiger partial charge is 0.143 e. The monoisotopic (exact) mass is 1760 g/mol. The summed E-state index contributed by atoms with van der Waals surface area (Å²) in [4.78, 5) is 4.85. The molecule has 0 amide bonds. The van der Waals surface area contributed by atoms with Crippen LogP contribution in [0.2, 0.25) is 0 Å². The maximum absolute atomic E-state index is 6.41. The zero-order chi connectivity index (χ0) is 91.4. The number of nitrogens with zero attached hydrogens (tertiary/aromatic N) is 4. The number of para-hydroxylation sites is 13. The zero-order valence-electron chi connectivity index (χ0n) is 75.4. The van der Waals surface area contributed by atoms with Crippen LogP contribution in [0.3, 0.4) is 0 Å². The predicted molar refractivity (Wildman–Crippen MR) is 580 cm³/mol. The Kier molecular flexibility index (Phi) is 20.9. The van der Waals surface area contributed by atoms with Crippen molar-refractivity contribution in [2.24, 2.45) is 0 Å². The summed E-state index contributed by atoms with van der Waals surface area (Å²) in [5.74, 6) is 0. The maximum Gasteiger partial charge on any atom is 0.143 e. The molecule has 6 nitrogen and oxygen atoms in total. The summed E-state index contributed by atoms with van der Waals surface area (Å²) < 4.78 is 17.7. The molecule has 0 radical (unpaired) electrons. The fourth-order valence-electron chi connectivity index (χ4n) is 20.7. The topological polar surface area (TPSA) is 42.6 Å². The van der Waals surface area contributed by atoms with Gasteiger partial charge in [0.15, 0.2) is 0 Å². The Labute approximate surface area is 800 Å². The van der Waals surface area contributed by atoms with Crippen LogP contribution in [-0.2, 0) is 0 Å². The van der Waals surface area contributed by atoms with Gasteiger partial charge in [0.2, 0.25) is 0 Å². The molecule has 0 spiro atoms. The van der Waals surface area contributed by atoms with Crippen molar-refractivity contribution >= 4 is 122 Å². The molecule has 4 heterocycles. The van der Waals surface area contributed by atoms with E-state index in [1.807, 2.05) is 24.3 Å². The van der Waals surface area contributed by atoms with Crippen molar-refractivity contribution in [1.82, 2.24) is 9.13 Å². The Morgan fingerprint density at radius 3 is 0.797 bits per heavy atom. The number of rotatable bonds is 18. The average Bonchev–Trinajstić information content (AvgIpc) is 1.65. The van der Waals surface area contributed by atoms with E-state index >= 15 is 0 Å². The standard InChI is InChI=1S/2C66H44N2O/c1-2-18-45(19-3-1)49-20-16-21-50(44-49)52-22-4-10-30-60(52)67(51-42-40-47(41-43-51)46-36-38-48(39-37-46)53-28-17-29-59-58-27-9-15-35-65(58)69-66(53)59)61-31-11-5-23-54(61)55-24-6-12-32-62(55)68-63-33-13-7-25-56(63)57-26-8-14-34-64(57)68;1-2-16-45(17-3-1)50-18-14-19-51(44-50)48-38-42-53(43-39-48)67(52-40-36-47(37-41-52)46-32-34-49(35-33-46)54-25-15-26-60-59-24-8-13-31-65(59)69-66(54)60)61-27-9-4-20-55(61)56-21-5-10-28-62(56)68-63-29-11-6-22-57(63)58-23-7-12-30-64(58)68/h2*1-44H. The largest absolute Gasteiger partial charge is 0.455 e. The summed E-state index contributed by atoms with van der Waals surface area (Å²) in [5, 5.41) is 9.50. The molecule has 138 heavy (non-hydrogen) atoms. The summed E-state index contributed by atoms with van der Waals surface area (Å²) in [5.41, 5.74) is 40.0. The van der Waals surface area contributed by atoms with Crippen molar-refractivity contribution in [3.63, 3.8) is 0 Å². The average molecular weight is 1760 g/mol. The number of furan rings is 2. The van der Waals surface area contributed by atoms with Crippen LogP contribution in [0.25, 0.3) is 210 Å². The van der Waals surface area contributed by atoms with Crippen LogP contribution in [0.5, 0.6) is 0 Å². The van der Waals surface area contributed by atoms with Crippen molar-refractivity contribution in [1.29, 1.82) is 0 Å². The van der Waals surface area contributed by atoms with E-state index < -0.39 is 0 Å². The number of aromatic nitrogens is 2. The number of benzene rings is 22. The second kappa shape index (κ2) is 35.3. The van der Waals surface area contributed by atoms with E-state index in [-0.39, 0.29) is 0 Å². The SMILES string of the molecule is c1ccc(-c2cccc(-c3ccc(N(c4ccc(-c5ccc(-c6cccc7c6oc6ccccc67)cc5)cc4)c4ccccc4-c4ccccc4-n4c5ccccc5c5ccccc54)cc3)c2)cc1.c1ccc(-c2cccc(-c3ccccc3N(c3ccc(-c4ccc(-c5cccc6c5oc5ccccc56)cc4)cc3)c3ccccc3-c3ccccc3-n3c4ccccc4c4ccccc43)c2)cc1. The van der Waals surface area contributed by atoms with Crippen LogP contribution in [0.4, 0.5) is 34.1 Å². The van der Waals surface area contributed by atoms with Gasteiger partial charge in [-0.05, 0) is 188 Å². The van der Waals surface area contributed by atoms with Gasteiger partial charge in [0.1, 0.15) is 22.3 Å². The van der Waals surface area contributed by atoms with Crippen LogP contribution < -0.4 is 9.80 Å². The van der Waals surface area contributed by atoms with Crippen LogP contribution in [0.1, 0.15) is 0 Å². The highest BCUT2D eigenvalue weighted by Crippen LogP contribution is 2.51. The second-order valence-corrected chi connectivity index (χ2v) is 35.2. The van der Waals surface area contributed by atoms with Gasteiger partial charge in [0.25, 0.3) is 0 Å². The second-order valence-electron chi connectivity index (χ2n) is 35.2. The summed E-state index contributed by atoms with van der Waals surface area (Å²) in [6.45, 7) is 0. The van der Waals surface area contributed by atoms with Gasteiger partial charge in [-0.1, -0.05) is 419 Å². The third-order valence-electron chi connectivity index (χ3n) is 27.3. The molecule has 0 bridgehead atoms. The van der Waals surface area contributed by atoms with Gasteiger partial charge in [0, 0.05) is 99.1 Å². The van der Waals surface area contributed by atoms with Gasteiger partial charge < -0.3 is 27.8 Å². The van der Waals surface area contributed by atoms with Gasteiger partial charge in [-0.2, -0.15) is 0 Å². The van der Waals surface area contributed by atoms with Gasteiger partial charge in [-0.3, -0.25) is 0 Å². The third-order valence-corrected chi connectivity index (χ3v) is 27.3. The first-order valence-electron chi connectivity index (χ1n) is 47.2. The lowest BCUT2D eigenvalue weighted by atomic mass is 9.95. The van der Waals surface area contributed by atoms with Crippen molar-refractivity contribution in [2.75, 3.05) is 9.80 Å². The van der Waals surface area contributed by atoms with E-state index in [2.05, 4.69) is 529 Å². The van der Waals surface area contributed by atoms with Crippen molar-refractivity contribution in [3.8, 4) is 123 Å². The van der Waals surface area contributed by atoms with Crippen LogP contribution >= 0.6 is 0 Å². The lowest BCUT2D eigenvalue weighted by Gasteiger charge is -2.30. The molecule has 0 saturated carbocycles. The molecule has 0 aliphatic carbocycles. The molecule has 648 valence electrons. The van der Waals surface area contributed by atoms with Crippen LogP contribution in [-0.4, -0.2) is 9.13 Å². The number of fused-ring (bicyclic) bond motifs is 12. The minimum Gasteiger partial charge on any atom is -0.455 e. The third kappa shape index (κ3) is 14.8. The molecule has 22 aromatic carbocycles. The first kappa shape index (κ1) is 81.6. The minimum absolute atomic E-state index is 0.906. The van der Waals surface area contributed by atoms with E-state index in [4.69, 9.17) is 8.83 Å². The van der Waals surface area contributed by atoms with Crippen LogP contribution in [0.15, 0.2) is 543 Å². The molecule has 4 aromatic heterocycles. The van der Waals surface area contributed by atoms with E-state index in [1.165, 1.54) is 71.4 Å². The van der Waals surface area contributed by atoms with E-state index in [0.29, 0.717) is 0 Å². The Morgan fingerprint density at radius 2 is 0.391 bits per heavy atom. The summed E-state index contributed by atoms with van der Waals surface area (Å²) in [6.07, 6.45) is 0. The van der Waals surface area contributed by atoms with Crippen LogP contribution in [0, 0.1) is 0 Å². The first-order valence-corrected chi connectivity index (χ1v) is 47.2. The molecule has 0 unspecified atom stereocenters. The molecule has 0 aliphatic rings. The molecule has 0 saturated heterocycles. The highest BCUT2D eigenvalue weighted by Gasteiger charge is 2.27. The first-order chi connectivity index (χ1) is 68.5. The zero-order valence-corrected chi connectivity index (χ0v) is 75.4. The van der Waals surface area contributed by atoms with Crippen molar-refractivity contribution in [2.45, 2.75) is 0 Å². The van der Waals surface area contributed by atoms with Gasteiger partial charge in [0.05, 0.1) is 50.5 Å². The predicted octanol–water partition coefficient (Wildman–Crippen LogP) is 37.0. The molecule has 0 aliphatic heterocycles. The van der Waals surface area contributed by atoms with E-state index in [9.17, 15) is 0 Å². The Morgan fingerprint density at radius 1 is 0.145 bits per heavy atom. The number of hydrogen-bond acceptors (Lipinski definition) is 4. The van der Waals surface area contributed by atoms with Gasteiger partial charge in [-0.25, -0.2) is 0 Å². The lowest BCUT2D eigenvalue weighted by Crippen LogP contribution is -2.13. The number of anilines is 6. The fraction of sp³-hybridized carbons (Fsp3) is 0. The van der Waals surface area contributed by atoms with Gasteiger partial charge >= 0.3 is 0 Å². The summed E-state index contributed by atoms with van der Waals surface area (Å²) in [7, 11) is 0. The summed E-state index contributed by atoms with van der Waals surface area (Å²) >= 11 is 0. The van der Waals surface area contributed by atoms with Gasteiger partial charge in [-0.15, -0.1) is 0 Å². The highest BCUT2D eigenvalue weighted by atomic mass is 16.3. The normalized spacial score (nSPS) is 11.5. The molecule has 26 aromatic rings. The summed E-state index contributed by atoms with van der Waals surface area (Å²) in [6, 6.07) is 192. The van der Waals surface area contributed by atoms with Crippen molar-refractivity contribution in [3.05, 3.63) is 534 Å². The maximum atomic E-state index is 6.41. The Balaban J connectivity index is 0.000000146. The van der Waals surface area contributed by atoms with Crippen molar-refractivity contribution < 1.29 is 8.83 Å². The van der Waals surface area contributed by atoms with E-state index in [0.717, 1.165) is 173 Å². The molecule has 6 heteroatoms. The minimum atomic E-state index is 0.906.